The van der Waals surface area contributed by atoms with Crippen LogP contribution < -0.4 is 5.32 Å². The first-order chi connectivity index (χ1) is 8.65. The quantitative estimate of drug-likeness (QED) is 0.645. The second-order valence-electron chi connectivity index (χ2n) is 6.25. The molecule has 1 aliphatic rings. The zero-order valence-electron chi connectivity index (χ0n) is 12.6. The van der Waals surface area contributed by atoms with Gasteiger partial charge in [0.1, 0.15) is 0 Å². The molecule has 1 rings (SSSR count). The number of rotatable bonds is 8. The van der Waals surface area contributed by atoms with Crippen LogP contribution in [-0.4, -0.2) is 23.3 Å². The maximum Gasteiger partial charge on any atom is 0.0595 e. The molecule has 2 nitrogen and oxygen atoms in total. The van der Waals surface area contributed by atoms with Gasteiger partial charge in [-0.3, -0.25) is 0 Å². The number of nitrogens with one attached hydrogen (secondary N) is 1. The van der Waals surface area contributed by atoms with Gasteiger partial charge >= 0.3 is 0 Å². The summed E-state index contributed by atoms with van der Waals surface area (Å²) >= 11 is 0. The fraction of sp³-hybridized carbons (Fsp3) is 1.00. The SMILES string of the molecule is CCCCCCCCC[C@H]1N[C@@H](C)C[C@H](O)[C@@H]1C. The van der Waals surface area contributed by atoms with Crippen molar-refractivity contribution in [1.82, 2.24) is 5.32 Å². The topological polar surface area (TPSA) is 32.3 Å². The van der Waals surface area contributed by atoms with Crippen LogP contribution in [0, 0.1) is 5.92 Å². The van der Waals surface area contributed by atoms with Crippen LogP contribution in [0.25, 0.3) is 0 Å². The third-order valence-corrected chi connectivity index (χ3v) is 4.45. The van der Waals surface area contributed by atoms with E-state index < -0.39 is 0 Å². The summed E-state index contributed by atoms with van der Waals surface area (Å²) in [5, 5.41) is 13.6. The van der Waals surface area contributed by atoms with Crippen molar-refractivity contribution >= 4 is 0 Å². The molecule has 108 valence electrons. The van der Waals surface area contributed by atoms with Gasteiger partial charge < -0.3 is 10.4 Å². The van der Waals surface area contributed by atoms with Crippen molar-refractivity contribution < 1.29 is 5.11 Å². The Bertz CT molecular complexity index is 207. The van der Waals surface area contributed by atoms with Gasteiger partial charge in [0, 0.05) is 12.1 Å². The molecule has 1 aliphatic heterocycles. The van der Waals surface area contributed by atoms with E-state index in [1.54, 1.807) is 0 Å². The zero-order chi connectivity index (χ0) is 13.4. The van der Waals surface area contributed by atoms with Crippen LogP contribution >= 0.6 is 0 Å². The molecule has 0 aromatic rings. The smallest absolute Gasteiger partial charge is 0.0595 e. The Labute approximate surface area is 114 Å². The number of aliphatic hydroxyl groups excluding tert-OH is 1. The first-order valence-corrected chi connectivity index (χ1v) is 8.09. The summed E-state index contributed by atoms with van der Waals surface area (Å²) < 4.78 is 0. The molecule has 1 heterocycles. The van der Waals surface area contributed by atoms with E-state index in [1.807, 2.05) is 0 Å². The van der Waals surface area contributed by atoms with E-state index in [9.17, 15) is 5.11 Å². The van der Waals surface area contributed by atoms with E-state index >= 15 is 0 Å². The van der Waals surface area contributed by atoms with Crippen molar-refractivity contribution in [2.75, 3.05) is 0 Å². The Hall–Kier alpha value is -0.0800. The summed E-state index contributed by atoms with van der Waals surface area (Å²) in [5.74, 6) is 0.418. The number of piperidine rings is 1. The molecule has 0 radical (unpaired) electrons. The standard InChI is InChI=1S/C16H33NO/c1-4-5-6-7-8-9-10-11-15-14(3)16(18)12-13(2)17-15/h13-18H,4-12H2,1-3H3/t13-,14+,15+,16-/m0/s1. The predicted octanol–water partition coefficient (Wildman–Crippen LogP) is 3.87. The van der Waals surface area contributed by atoms with E-state index in [1.165, 1.54) is 51.4 Å². The predicted molar refractivity (Wildman–Crippen MR) is 78.8 cm³/mol. The van der Waals surface area contributed by atoms with Gasteiger partial charge in [-0.2, -0.15) is 0 Å². The Morgan fingerprint density at radius 2 is 1.61 bits per heavy atom. The lowest BCUT2D eigenvalue weighted by atomic mass is 9.84. The van der Waals surface area contributed by atoms with Crippen molar-refractivity contribution in [1.29, 1.82) is 0 Å². The molecule has 2 heteroatoms. The first-order valence-electron chi connectivity index (χ1n) is 8.09. The van der Waals surface area contributed by atoms with E-state index in [0.29, 0.717) is 18.0 Å². The van der Waals surface area contributed by atoms with Crippen molar-refractivity contribution in [3.05, 3.63) is 0 Å². The summed E-state index contributed by atoms with van der Waals surface area (Å²) in [6.45, 7) is 6.64. The molecular formula is C16H33NO. The molecule has 0 aliphatic carbocycles. The molecule has 0 saturated carbocycles. The van der Waals surface area contributed by atoms with Gasteiger partial charge in [-0.05, 0) is 25.7 Å². The first kappa shape index (κ1) is 16.0. The molecule has 0 bridgehead atoms. The molecule has 18 heavy (non-hydrogen) atoms. The maximum absolute atomic E-state index is 9.98. The molecule has 1 saturated heterocycles. The minimum atomic E-state index is -0.101. The van der Waals surface area contributed by atoms with Crippen LogP contribution in [0.2, 0.25) is 0 Å². The lowest BCUT2D eigenvalue weighted by Crippen LogP contribution is -2.51. The molecular weight excluding hydrogens is 222 g/mol. The lowest BCUT2D eigenvalue weighted by molar-refractivity contribution is 0.0415. The van der Waals surface area contributed by atoms with E-state index in [0.717, 1.165) is 6.42 Å². The fourth-order valence-electron chi connectivity index (χ4n) is 3.10. The van der Waals surface area contributed by atoms with Crippen LogP contribution in [0.1, 0.15) is 78.6 Å². The second-order valence-corrected chi connectivity index (χ2v) is 6.25. The summed E-state index contributed by atoms with van der Waals surface area (Å²) in [5.41, 5.74) is 0. The zero-order valence-corrected chi connectivity index (χ0v) is 12.6. The van der Waals surface area contributed by atoms with Gasteiger partial charge in [-0.1, -0.05) is 58.8 Å². The largest absolute Gasteiger partial charge is 0.393 e. The average Bonchev–Trinajstić information content (AvgIpc) is 2.33. The highest BCUT2D eigenvalue weighted by molar-refractivity contribution is 4.88. The van der Waals surface area contributed by atoms with Crippen LogP contribution in [0.4, 0.5) is 0 Å². The Balaban J connectivity index is 2.07. The van der Waals surface area contributed by atoms with Crippen molar-refractivity contribution in [3.8, 4) is 0 Å². The van der Waals surface area contributed by atoms with Crippen LogP contribution in [-0.2, 0) is 0 Å². The molecule has 2 N–H and O–H groups in total. The van der Waals surface area contributed by atoms with E-state index in [2.05, 4.69) is 26.1 Å². The Morgan fingerprint density at radius 1 is 1.00 bits per heavy atom. The van der Waals surface area contributed by atoms with Gasteiger partial charge in [-0.25, -0.2) is 0 Å². The van der Waals surface area contributed by atoms with E-state index in [-0.39, 0.29) is 6.10 Å². The van der Waals surface area contributed by atoms with Gasteiger partial charge in [-0.15, -0.1) is 0 Å². The number of aliphatic hydroxyl groups is 1. The normalized spacial score (nSPS) is 32.7. The highest BCUT2D eigenvalue weighted by Gasteiger charge is 2.30. The molecule has 0 amide bonds. The second kappa shape index (κ2) is 8.92. The molecule has 4 atom stereocenters. The lowest BCUT2D eigenvalue weighted by Gasteiger charge is -2.38. The summed E-state index contributed by atoms with van der Waals surface area (Å²) in [6, 6.07) is 1.00. The number of hydrogen-bond acceptors (Lipinski definition) is 2. The summed E-state index contributed by atoms with van der Waals surface area (Å²) in [7, 11) is 0. The van der Waals surface area contributed by atoms with Crippen LogP contribution in [0.5, 0.6) is 0 Å². The number of hydrogen-bond donors (Lipinski definition) is 2. The monoisotopic (exact) mass is 255 g/mol. The van der Waals surface area contributed by atoms with Gasteiger partial charge in [0.25, 0.3) is 0 Å². The highest BCUT2D eigenvalue weighted by atomic mass is 16.3. The van der Waals surface area contributed by atoms with Gasteiger partial charge in [0.2, 0.25) is 0 Å². The van der Waals surface area contributed by atoms with Crippen LogP contribution in [0.15, 0.2) is 0 Å². The summed E-state index contributed by atoms with van der Waals surface area (Å²) in [6.07, 6.45) is 11.6. The fourth-order valence-corrected chi connectivity index (χ4v) is 3.10. The van der Waals surface area contributed by atoms with E-state index in [4.69, 9.17) is 0 Å². The number of unbranched alkanes of at least 4 members (excludes halogenated alkanes) is 6. The minimum absolute atomic E-state index is 0.101. The van der Waals surface area contributed by atoms with Crippen LogP contribution in [0.3, 0.4) is 0 Å². The maximum atomic E-state index is 9.98. The molecule has 0 unspecified atom stereocenters. The third kappa shape index (κ3) is 5.71. The van der Waals surface area contributed by atoms with Gasteiger partial charge in [0.05, 0.1) is 6.10 Å². The molecule has 0 aromatic heterocycles. The molecule has 1 fully saturated rings. The third-order valence-electron chi connectivity index (χ3n) is 4.45. The average molecular weight is 255 g/mol. The summed E-state index contributed by atoms with van der Waals surface area (Å²) in [4.78, 5) is 0. The minimum Gasteiger partial charge on any atom is -0.393 e. The molecule has 0 aromatic carbocycles. The van der Waals surface area contributed by atoms with Crippen molar-refractivity contribution in [2.24, 2.45) is 5.92 Å². The van der Waals surface area contributed by atoms with Crippen molar-refractivity contribution in [3.63, 3.8) is 0 Å². The Kier molecular flexibility index (Phi) is 7.92. The van der Waals surface area contributed by atoms with Gasteiger partial charge in [0.15, 0.2) is 0 Å². The Morgan fingerprint density at radius 3 is 2.28 bits per heavy atom. The molecule has 0 spiro atoms. The van der Waals surface area contributed by atoms with Crippen molar-refractivity contribution in [2.45, 2.75) is 96.7 Å². The highest BCUT2D eigenvalue weighted by Crippen LogP contribution is 2.24.